The standard InChI is InChI=1S/C14H19N3O/c1-11-6-4-7-12-13(11)15-10-17(14(12)18)9-5-8-16(2)3/h4,6-7,10H,5,8-9H2,1-3H3. The van der Waals surface area contributed by atoms with Gasteiger partial charge >= 0.3 is 0 Å². The Morgan fingerprint density at radius 3 is 2.83 bits per heavy atom. The number of para-hydroxylation sites is 1. The molecule has 1 aromatic heterocycles. The summed E-state index contributed by atoms with van der Waals surface area (Å²) in [6, 6.07) is 5.73. The van der Waals surface area contributed by atoms with E-state index < -0.39 is 0 Å². The highest BCUT2D eigenvalue weighted by Crippen LogP contribution is 2.11. The van der Waals surface area contributed by atoms with Gasteiger partial charge in [-0.25, -0.2) is 4.98 Å². The van der Waals surface area contributed by atoms with Crippen LogP contribution in [0.2, 0.25) is 0 Å². The molecule has 0 aliphatic carbocycles. The monoisotopic (exact) mass is 245 g/mol. The van der Waals surface area contributed by atoms with Crippen molar-refractivity contribution in [2.45, 2.75) is 19.9 Å². The van der Waals surface area contributed by atoms with Gasteiger partial charge in [0.1, 0.15) is 0 Å². The first kappa shape index (κ1) is 12.8. The fraction of sp³-hybridized carbons (Fsp3) is 0.429. The van der Waals surface area contributed by atoms with Crippen molar-refractivity contribution in [1.29, 1.82) is 0 Å². The molecule has 1 aromatic carbocycles. The van der Waals surface area contributed by atoms with E-state index in [4.69, 9.17) is 0 Å². The lowest BCUT2D eigenvalue weighted by Crippen LogP contribution is -2.23. The Kier molecular flexibility index (Phi) is 3.77. The number of rotatable bonds is 4. The lowest BCUT2D eigenvalue weighted by molar-refractivity contribution is 0.384. The second-order valence-electron chi connectivity index (χ2n) is 4.87. The van der Waals surface area contributed by atoms with Gasteiger partial charge in [-0.1, -0.05) is 12.1 Å². The number of aryl methyl sites for hydroxylation is 2. The van der Waals surface area contributed by atoms with Gasteiger partial charge in [0, 0.05) is 6.54 Å². The largest absolute Gasteiger partial charge is 0.309 e. The average molecular weight is 245 g/mol. The van der Waals surface area contributed by atoms with E-state index in [2.05, 4.69) is 9.88 Å². The number of hydrogen-bond acceptors (Lipinski definition) is 3. The SMILES string of the molecule is Cc1cccc2c(=O)n(CCCN(C)C)cnc12. The fourth-order valence-corrected chi connectivity index (χ4v) is 2.05. The van der Waals surface area contributed by atoms with Gasteiger partial charge in [0.25, 0.3) is 5.56 Å². The maximum Gasteiger partial charge on any atom is 0.261 e. The van der Waals surface area contributed by atoms with E-state index in [1.807, 2.05) is 39.2 Å². The fourth-order valence-electron chi connectivity index (χ4n) is 2.05. The van der Waals surface area contributed by atoms with Crippen molar-refractivity contribution >= 4 is 10.9 Å². The minimum Gasteiger partial charge on any atom is -0.309 e. The van der Waals surface area contributed by atoms with Crippen LogP contribution in [-0.2, 0) is 6.54 Å². The zero-order valence-corrected chi connectivity index (χ0v) is 11.2. The van der Waals surface area contributed by atoms with Crippen molar-refractivity contribution in [3.05, 3.63) is 40.4 Å². The maximum absolute atomic E-state index is 12.3. The normalized spacial score (nSPS) is 11.3. The summed E-state index contributed by atoms with van der Waals surface area (Å²) in [5.41, 5.74) is 1.92. The van der Waals surface area contributed by atoms with Gasteiger partial charge in [0.05, 0.1) is 17.2 Å². The van der Waals surface area contributed by atoms with Crippen LogP contribution < -0.4 is 5.56 Å². The Morgan fingerprint density at radius 1 is 1.33 bits per heavy atom. The zero-order chi connectivity index (χ0) is 13.1. The van der Waals surface area contributed by atoms with Crippen molar-refractivity contribution in [2.24, 2.45) is 0 Å². The molecule has 18 heavy (non-hydrogen) atoms. The third-order valence-corrected chi connectivity index (χ3v) is 3.06. The molecule has 2 rings (SSSR count). The van der Waals surface area contributed by atoms with Crippen LogP contribution in [0.15, 0.2) is 29.3 Å². The van der Waals surface area contributed by atoms with Crippen molar-refractivity contribution in [3.8, 4) is 0 Å². The molecule has 0 unspecified atom stereocenters. The first-order valence-electron chi connectivity index (χ1n) is 6.19. The highest BCUT2D eigenvalue weighted by atomic mass is 16.1. The van der Waals surface area contributed by atoms with Gasteiger partial charge in [-0.3, -0.25) is 9.36 Å². The van der Waals surface area contributed by atoms with Crippen LogP contribution in [-0.4, -0.2) is 35.1 Å². The molecule has 0 amide bonds. The molecule has 0 N–H and O–H groups in total. The Labute approximate surface area is 107 Å². The summed E-state index contributed by atoms with van der Waals surface area (Å²) in [4.78, 5) is 18.8. The summed E-state index contributed by atoms with van der Waals surface area (Å²) < 4.78 is 1.70. The van der Waals surface area contributed by atoms with Crippen LogP contribution in [0.1, 0.15) is 12.0 Å². The summed E-state index contributed by atoms with van der Waals surface area (Å²) in [5, 5.41) is 0.711. The first-order valence-corrected chi connectivity index (χ1v) is 6.19. The van der Waals surface area contributed by atoms with Gasteiger partial charge in [0.15, 0.2) is 0 Å². The van der Waals surface area contributed by atoms with Gasteiger partial charge < -0.3 is 4.90 Å². The average Bonchev–Trinajstić information content (AvgIpc) is 2.32. The predicted octanol–water partition coefficient (Wildman–Crippen LogP) is 1.66. The van der Waals surface area contributed by atoms with E-state index in [-0.39, 0.29) is 5.56 Å². The Hall–Kier alpha value is -1.68. The zero-order valence-electron chi connectivity index (χ0n) is 11.2. The number of hydrogen-bond donors (Lipinski definition) is 0. The molecule has 0 bridgehead atoms. The van der Waals surface area contributed by atoms with Crippen LogP contribution in [0.25, 0.3) is 10.9 Å². The Balaban J connectivity index is 2.31. The molecule has 0 saturated carbocycles. The van der Waals surface area contributed by atoms with E-state index in [0.717, 1.165) is 24.0 Å². The predicted molar refractivity (Wildman–Crippen MR) is 73.9 cm³/mol. The molecule has 0 aliphatic heterocycles. The molecule has 0 spiro atoms. The first-order chi connectivity index (χ1) is 8.59. The summed E-state index contributed by atoms with van der Waals surface area (Å²) in [7, 11) is 4.07. The smallest absolute Gasteiger partial charge is 0.261 e. The maximum atomic E-state index is 12.3. The minimum atomic E-state index is 0.0578. The molecule has 0 atom stereocenters. The van der Waals surface area contributed by atoms with Crippen molar-refractivity contribution in [2.75, 3.05) is 20.6 Å². The molecule has 4 heteroatoms. The van der Waals surface area contributed by atoms with Gasteiger partial charge in [-0.05, 0) is 45.6 Å². The van der Waals surface area contributed by atoms with E-state index >= 15 is 0 Å². The second-order valence-corrected chi connectivity index (χ2v) is 4.87. The van der Waals surface area contributed by atoms with Gasteiger partial charge in [-0.15, -0.1) is 0 Å². The third kappa shape index (κ3) is 2.59. The molecule has 96 valence electrons. The number of benzene rings is 1. The van der Waals surface area contributed by atoms with Crippen LogP contribution in [0.4, 0.5) is 0 Å². The van der Waals surface area contributed by atoms with Crippen LogP contribution >= 0.6 is 0 Å². The molecule has 0 radical (unpaired) electrons. The molecule has 0 aliphatic rings. The summed E-state index contributed by atoms with van der Waals surface area (Å²) in [5.74, 6) is 0. The lowest BCUT2D eigenvalue weighted by Gasteiger charge is -2.11. The summed E-state index contributed by atoms with van der Waals surface area (Å²) in [6.07, 6.45) is 2.61. The quantitative estimate of drug-likeness (QED) is 0.822. The second kappa shape index (κ2) is 5.31. The number of aromatic nitrogens is 2. The minimum absolute atomic E-state index is 0.0578. The highest BCUT2D eigenvalue weighted by molar-refractivity contribution is 5.80. The lowest BCUT2D eigenvalue weighted by atomic mass is 10.1. The Bertz CT molecular complexity index is 602. The molecule has 2 aromatic rings. The van der Waals surface area contributed by atoms with Crippen LogP contribution in [0.5, 0.6) is 0 Å². The molecular weight excluding hydrogens is 226 g/mol. The summed E-state index contributed by atoms with van der Waals surface area (Å²) in [6.45, 7) is 3.66. The van der Waals surface area contributed by atoms with Gasteiger partial charge in [0.2, 0.25) is 0 Å². The molecular formula is C14H19N3O. The molecule has 0 fully saturated rings. The van der Waals surface area contributed by atoms with Crippen LogP contribution in [0, 0.1) is 6.92 Å². The highest BCUT2D eigenvalue weighted by Gasteiger charge is 2.05. The van der Waals surface area contributed by atoms with E-state index in [9.17, 15) is 4.79 Å². The number of nitrogens with zero attached hydrogens (tertiary/aromatic N) is 3. The van der Waals surface area contributed by atoms with E-state index in [0.29, 0.717) is 11.9 Å². The van der Waals surface area contributed by atoms with Crippen molar-refractivity contribution in [3.63, 3.8) is 0 Å². The van der Waals surface area contributed by atoms with Gasteiger partial charge in [-0.2, -0.15) is 0 Å². The topological polar surface area (TPSA) is 38.1 Å². The van der Waals surface area contributed by atoms with Crippen molar-refractivity contribution in [1.82, 2.24) is 14.5 Å². The Morgan fingerprint density at radius 2 is 2.11 bits per heavy atom. The van der Waals surface area contributed by atoms with E-state index in [1.165, 1.54) is 0 Å². The molecule has 1 heterocycles. The van der Waals surface area contributed by atoms with Crippen LogP contribution in [0.3, 0.4) is 0 Å². The van der Waals surface area contributed by atoms with E-state index in [1.54, 1.807) is 10.9 Å². The van der Waals surface area contributed by atoms with Crippen molar-refractivity contribution < 1.29 is 0 Å². The summed E-state index contributed by atoms with van der Waals surface area (Å²) >= 11 is 0. The number of fused-ring (bicyclic) bond motifs is 1. The third-order valence-electron chi connectivity index (χ3n) is 3.06. The molecule has 4 nitrogen and oxygen atoms in total. The molecule has 0 saturated heterocycles.